The Morgan fingerprint density at radius 2 is 2.00 bits per heavy atom. The Balaban J connectivity index is 1.40. The molecule has 2 aliphatic rings. The van der Waals surface area contributed by atoms with Crippen molar-refractivity contribution in [1.82, 2.24) is 9.97 Å². The third-order valence-corrected chi connectivity index (χ3v) is 5.38. The molecule has 1 aromatic carbocycles. The molecule has 7 nitrogen and oxygen atoms in total. The van der Waals surface area contributed by atoms with E-state index in [4.69, 9.17) is 14.2 Å². The van der Waals surface area contributed by atoms with Gasteiger partial charge in [-0.2, -0.15) is 0 Å². The van der Waals surface area contributed by atoms with E-state index >= 15 is 0 Å². The van der Waals surface area contributed by atoms with Crippen LogP contribution in [-0.4, -0.2) is 29.8 Å². The number of carbonyl (C=O) groups is 1. The van der Waals surface area contributed by atoms with Crippen molar-refractivity contribution in [3.05, 3.63) is 60.4 Å². The number of benzene rings is 1. The molecule has 29 heavy (non-hydrogen) atoms. The average molecular weight is 389 g/mol. The fourth-order valence-corrected chi connectivity index (χ4v) is 3.61. The van der Waals surface area contributed by atoms with Crippen LogP contribution in [0.4, 0.5) is 5.82 Å². The summed E-state index contributed by atoms with van der Waals surface area (Å²) in [5.74, 6) is 2.46. The Morgan fingerprint density at radius 3 is 2.83 bits per heavy atom. The lowest BCUT2D eigenvalue weighted by Gasteiger charge is -2.16. The minimum atomic E-state index is -0.549. The highest BCUT2D eigenvalue weighted by molar-refractivity contribution is 6.01. The van der Waals surface area contributed by atoms with Gasteiger partial charge in [-0.05, 0) is 48.7 Å². The van der Waals surface area contributed by atoms with Gasteiger partial charge in [0.2, 0.25) is 12.7 Å². The van der Waals surface area contributed by atoms with Gasteiger partial charge < -0.3 is 19.5 Å². The van der Waals surface area contributed by atoms with E-state index in [-0.39, 0.29) is 12.7 Å². The predicted molar refractivity (Wildman–Crippen MR) is 106 cm³/mol. The maximum absolute atomic E-state index is 13.1. The molecule has 0 atom stereocenters. The molecule has 2 aromatic heterocycles. The molecule has 0 spiro atoms. The first kappa shape index (κ1) is 17.5. The van der Waals surface area contributed by atoms with Crippen molar-refractivity contribution in [3.63, 3.8) is 0 Å². The van der Waals surface area contributed by atoms with Crippen LogP contribution >= 0.6 is 0 Å². The molecular formula is C22H19N3O4. The third kappa shape index (κ3) is 3.04. The zero-order valence-electron chi connectivity index (χ0n) is 15.8. The van der Waals surface area contributed by atoms with E-state index in [9.17, 15) is 4.79 Å². The molecule has 0 radical (unpaired) electrons. The number of pyridine rings is 2. The summed E-state index contributed by atoms with van der Waals surface area (Å²) in [6, 6.07) is 13.1. The predicted octanol–water partition coefficient (Wildman–Crippen LogP) is 3.55. The summed E-state index contributed by atoms with van der Waals surface area (Å²) >= 11 is 0. The SMILES string of the molecule is COc1cnccc1-c1cccc(NC(=O)C2(c3ccc4c(c3)OCO4)CC2)n1. The van der Waals surface area contributed by atoms with Gasteiger partial charge in [0, 0.05) is 11.8 Å². The summed E-state index contributed by atoms with van der Waals surface area (Å²) in [5.41, 5.74) is 1.91. The van der Waals surface area contributed by atoms with Crippen LogP contribution in [0.2, 0.25) is 0 Å². The van der Waals surface area contributed by atoms with Crippen LogP contribution in [-0.2, 0) is 10.2 Å². The van der Waals surface area contributed by atoms with Crippen LogP contribution < -0.4 is 19.5 Å². The Labute approximate surface area is 167 Å². The molecule has 146 valence electrons. The van der Waals surface area contributed by atoms with E-state index in [0.717, 1.165) is 24.0 Å². The van der Waals surface area contributed by atoms with Crippen LogP contribution in [0.15, 0.2) is 54.9 Å². The number of hydrogen-bond donors (Lipinski definition) is 1. The number of ether oxygens (including phenoxy) is 3. The molecule has 1 amide bonds. The van der Waals surface area contributed by atoms with Crippen molar-refractivity contribution in [1.29, 1.82) is 0 Å². The van der Waals surface area contributed by atoms with E-state index in [0.29, 0.717) is 28.8 Å². The normalized spacial score (nSPS) is 15.6. The molecule has 0 unspecified atom stereocenters. The standard InChI is InChI=1S/C22H19N3O4/c1-27-19-12-23-10-7-15(19)16-3-2-4-20(24-16)25-21(26)22(8-9-22)14-5-6-17-18(11-14)29-13-28-17/h2-7,10-12H,8-9,13H2,1H3,(H,24,25,26). The molecule has 1 N–H and O–H groups in total. The smallest absolute Gasteiger partial charge is 0.236 e. The van der Waals surface area contributed by atoms with Gasteiger partial charge in [0.1, 0.15) is 11.6 Å². The summed E-state index contributed by atoms with van der Waals surface area (Å²) in [6.07, 6.45) is 4.90. The molecule has 1 fully saturated rings. The number of amides is 1. The van der Waals surface area contributed by atoms with Crippen LogP contribution in [0.25, 0.3) is 11.3 Å². The molecule has 1 saturated carbocycles. The lowest BCUT2D eigenvalue weighted by Crippen LogP contribution is -2.28. The Bertz CT molecular complexity index is 1090. The van der Waals surface area contributed by atoms with E-state index in [2.05, 4.69) is 15.3 Å². The first-order chi connectivity index (χ1) is 14.2. The maximum Gasteiger partial charge on any atom is 0.236 e. The van der Waals surface area contributed by atoms with Gasteiger partial charge in [-0.25, -0.2) is 4.98 Å². The second-order valence-electron chi connectivity index (χ2n) is 7.09. The largest absolute Gasteiger partial charge is 0.494 e. The van der Waals surface area contributed by atoms with Crippen molar-refractivity contribution in [3.8, 4) is 28.5 Å². The molecule has 3 aromatic rings. The van der Waals surface area contributed by atoms with Crippen LogP contribution in [0.5, 0.6) is 17.2 Å². The van der Waals surface area contributed by atoms with Crippen LogP contribution in [0.3, 0.4) is 0 Å². The number of fused-ring (bicyclic) bond motifs is 1. The highest BCUT2D eigenvalue weighted by atomic mass is 16.7. The quantitative estimate of drug-likeness (QED) is 0.719. The third-order valence-electron chi connectivity index (χ3n) is 5.38. The fraction of sp³-hybridized carbons (Fsp3) is 0.227. The first-order valence-corrected chi connectivity index (χ1v) is 9.37. The number of methoxy groups -OCH3 is 1. The fourth-order valence-electron chi connectivity index (χ4n) is 3.61. The Kier molecular flexibility index (Phi) is 4.08. The molecule has 5 rings (SSSR count). The van der Waals surface area contributed by atoms with E-state index in [1.54, 1.807) is 25.6 Å². The molecule has 1 aliphatic heterocycles. The lowest BCUT2D eigenvalue weighted by molar-refractivity contribution is -0.118. The zero-order chi connectivity index (χ0) is 19.8. The topological polar surface area (TPSA) is 82.6 Å². The highest BCUT2D eigenvalue weighted by Crippen LogP contribution is 2.51. The first-order valence-electron chi connectivity index (χ1n) is 9.37. The Hall–Kier alpha value is -3.61. The highest BCUT2D eigenvalue weighted by Gasteiger charge is 2.51. The summed E-state index contributed by atoms with van der Waals surface area (Å²) < 4.78 is 16.2. The maximum atomic E-state index is 13.1. The van der Waals surface area contributed by atoms with E-state index in [1.807, 2.05) is 36.4 Å². The van der Waals surface area contributed by atoms with Crippen molar-refractivity contribution < 1.29 is 19.0 Å². The van der Waals surface area contributed by atoms with E-state index < -0.39 is 5.41 Å². The van der Waals surface area contributed by atoms with Gasteiger partial charge in [-0.1, -0.05) is 12.1 Å². The number of nitrogens with zero attached hydrogens (tertiary/aromatic N) is 2. The van der Waals surface area contributed by atoms with Gasteiger partial charge in [0.05, 0.1) is 24.4 Å². The lowest BCUT2D eigenvalue weighted by atomic mass is 9.94. The summed E-state index contributed by atoms with van der Waals surface area (Å²) in [5, 5.41) is 2.98. The zero-order valence-corrected chi connectivity index (χ0v) is 15.8. The second-order valence-corrected chi connectivity index (χ2v) is 7.09. The van der Waals surface area contributed by atoms with Crippen molar-refractivity contribution in [2.24, 2.45) is 0 Å². The molecular weight excluding hydrogens is 370 g/mol. The van der Waals surface area contributed by atoms with Crippen molar-refractivity contribution >= 4 is 11.7 Å². The van der Waals surface area contributed by atoms with Gasteiger partial charge in [-0.15, -0.1) is 0 Å². The number of nitrogens with one attached hydrogen (secondary N) is 1. The Morgan fingerprint density at radius 1 is 1.14 bits per heavy atom. The number of anilines is 1. The van der Waals surface area contributed by atoms with Crippen molar-refractivity contribution in [2.75, 3.05) is 19.2 Å². The van der Waals surface area contributed by atoms with E-state index in [1.165, 1.54) is 0 Å². The minimum absolute atomic E-state index is 0.0669. The van der Waals surface area contributed by atoms with Gasteiger partial charge in [0.15, 0.2) is 11.5 Å². The van der Waals surface area contributed by atoms with Crippen LogP contribution in [0, 0.1) is 0 Å². The second kappa shape index (κ2) is 6.77. The van der Waals surface area contributed by atoms with Gasteiger partial charge >= 0.3 is 0 Å². The number of rotatable bonds is 5. The monoisotopic (exact) mass is 389 g/mol. The van der Waals surface area contributed by atoms with Crippen LogP contribution in [0.1, 0.15) is 18.4 Å². The van der Waals surface area contributed by atoms with Gasteiger partial charge in [-0.3, -0.25) is 9.78 Å². The number of aromatic nitrogens is 2. The average Bonchev–Trinajstić information content (AvgIpc) is 3.45. The molecule has 3 heterocycles. The molecule has 1 aliphatic carbocycles. The molecule has 0 bridgehead atoms. The molecule has 0 saturated heterocycles. The minimum Gasteiger partial charge on any atom is -0.494 e. The van der Waals surface area contributed by atoms with Crippen molar-refractivity contribution in [2.45, 2.75) is 18.3 Å². The summed E-state index contributed by atoms with van der Waals surface area (Å²) in [7, 11) is 1.59. The molecule has 7 heteroatoms. The number of carbonyl (C=O) groups excluding carboxylic acids is 1. The van der Waals surface area contributed by atoms with Gasteiger partial charge in [0.25, 0.3) is 0 Å². The summed E-state index contributed by atoms with van der Waals surface area (Å²) in [4.78, 5) is 21.8. The summed E-state index contributed by atoms with van der Waals surface area (Å²) in [6.45, 7) is 0.215. The number of hydrogen-bond acceptors (Lipinski definition) is 6.